The van der Waals surface area contributed by atoms with E-state index in [9.17, 15) is 0 Å². The van der Waals surface area contributed by atoms with E-state index in [1.807, 2.05) is 0 Å². The number of benzene rings is 4. The number of rotatable bonds is 6. The number of hydrogen-bond acceptors (Lipinski definition) is 1. The SMILES string of the molecule is C1=C[C-](P(c2ccccc2)c2ccccc2)C(P(c2ccccc2)c2ccccc2)C=C1.CC(=O)O.O.O.[NH2-].[NH2-].[NH2-].[Ru+4]. The maximum Gasteiger partial charge on any atom is 4.00 e. The van der Waals surface area contributed by atoms with Gasteiger partial charge in [0.15, 0.2) is 0 Å². The molecule has 0 aromatic heterocycles. The van der Waals surface area contributed by atoms with Gasteiger partial charge in [-0.3, -0.25) is 4.79 Å². The Morgan fingerprint density at radius 3 is 1.26 bits per heavy atom. The van der Waals surface area contributed by atoms with Crippen molar-refractivity contribution in [1.29, 1.82) is 0 Å². The minimum absolute atomic E-state index is 0. The summed E-state index contributed by atoms with van der Waals surface area (Å²) in [5.41, 5.74) is 1.88. The molecule has 0 heterocycles. The molecular weight excluding hydrogens is 653 g/mol. The standard InChI is InChI=1S/C30H25P2.C2H4O2.3H2N.2H2O.Ru/c1-5-15-25(16-6-1)31(26-17-7-2-8-18-26)29-23-13-14-24-30(29)32(27-19-9-3-10-20-27)28-21-11-4-12-22-28;1-2(3)4;;;;;;/h1-24,29H;1H3,(H,3,4);5*1H2;/q-1;;3*-1;;;+4. The van der Waals surface area contributed by atoms with Crippen LogP contribution in [0.2, 0.25) is 0 Å². The molecule has 4 aromatic rings. The fraction of sp³-hybridized carbons (Fsp3) is 0.0625. The van der Waals surface area contributed by atoms with Crippen LogP contribution < -0.4 is 21.2 Å². The number of aliphatic carboxylic acids is 1. The molecule has 10 heteroatoms. The van der Waals surface area contributed by atoms with E-state index in [4.69, 9.17) is 9.90 Å². The maximum absolute atomic E-state index is 9.00. The molecule has 11 N–H and O–H groups in total. The van der Waals surface area contributed by atoms with Crippen molar-refractivity contribution < 1.29 is 40.3 Å². The Hall–Kier alpha value is -3.02. The van der Waals surface area contributed by atoms with Gasteiger partial charge >= 0.3 is 19.5 Å². The van der Waals surface area contributed by atoms with Crippen LogP contribution in [0.4, 0.5) is 0 Å². The van der Waals surface area contributed by atoms with Gasteiger partial charge in [0.25, 0.3) is 5.97 Å². The van der Waals surface area contributed by atoms with E-state index in [0.717, 1.165) is 6.92 Å². The van der Waals surface area contributed by atoms with Gasteiger partial charge < -0.3 is 34.5 Å². The predicted octanol–water partition coefficient (Wildman–Crippen LogP) is 6.87. The molecule has 0 radical (unpaired) electrons. The number of carbonyl (C=O) groups is 1. The van der Waals surface area contributed by atoms with Gasteiger partial charge in [0.2, 0.25) is 0 Å². The summed E-state index contributed by atoms with van der Waals surface area (Å²) in [6.07, 6.45) is 9.27. The van der Waals surface area contributed by atoms with Gasteiger partial charge in [0, 0.05) is 6.92 Å². The first kappa shape index (κ1) is 43.4. The molecule has 1 atom stereocenters. The molecule has 1 unspecified atom stereocenters. The Kier molecular flexibility index (Phi) is 23.3. The Balaban J connectivity index is -0.00000143. The first-order valence-corrected chi connectivity index (χ1v) is 14.6. The third kappa shape index (κ3) is 11.7. The smallest absolute Gasteiger partial charge is 0.693 e. The summed E-state index contributed by atoms with van der Waals surface area (Å²) in [6, 6.07) is 44.2. The summed E-state index contributed by atoms with van der Waals surface area (Å²) in [5, 5.41) is 13.1. The zero-order valence-electron chi connectivity index (χ0n) is 23.3. The molecule has 1 aliphatic rings. The Morgan fingerprint density at radius 2 is 0.929 bits per heavy atom. The minimum atomic E-state index is -0.833. The van der Waals surface area contributed by atoms with Crippen LogP contribution in [0.25, 0.3) is 18.5 Å². The topological polar surface area (TPSA) is 201 Å². The molecule has 0 aliphatic heterocycles. The van der Waals surface area contributed by atoms with Crippen LogP contribution in [0.15, 0.2) is 146 Å². The molecule has 42 heavy (non-hydrogen) atoms. The van der Waals surface area contributed by atoms with Crippen LogP contribution in [-0.4, -0.2) is 27.7 Å². The molecule has 224 valence electrons. The van der Waals surface area contributed by atoms with Crippen LogP contribution in [-0.2, 0) is 24.3 Å². The molecule has 0 amide bonds. The average molecular weight is 693 g/mol. The summed E-state index contributed by atoms with van der Waals surface area (Å²) in [6.45, 7) is 1.08. The van der Waals surface area contributed by atoms with Gasteiger partial charge in [0.1, 0.15) is 0 Å². The van der Waals surface area contributed by atoms with Gasteiger partial charge in [-0.05, 0) is 26.9 Å². The van der Waals surface area contributed by atoms with Crippen LogP contribution in [0, 0.1) is 5.66 Å². The van der Waals surface area contributed by atoms with Crippen molar-refractivity contribution in [2.75, 3.05) is 0 Å². The van der Waals surface area contributed by atoms with Gasteiger partial charge in [-0.2, -0.15) is 5.66 Å². The molecule has 0 bridgehead atoms. The second kappa shape index (κ2) is 22.6. The van der Waals surface area contributed by atoms with Gasteiger partial charge in [-0.25, -0.2) is 12.2 Å². The zero-order valence-corrected chi connectivity index (χ0v) is 26.8. The summed E-state index contributed by atoms with van der Waals surface area (Å²) < 4.78 is 0. The Bertz CT molecular complexity index is 1120. The molecule has 0 spiro atoms. The number of nitrogens with two attached hydrogens (primary N) is 3. The van der Waals surface area contributed by atoms with E-state index in [2.05, 4.69) is 146 Å². The first-order valence-electron chi connectivity index (χ1n) is 11.9. The van der Waals surface area contributed by atoms with Crippen LogP contribution >= 0.6 is 15.8 Å². The van der Waals surface area contributed by atoms with Crippen molar-refractivity contribution in [3.8, 4) is 0 Å². The largest absolute Gasteiger partial charge is 4.00 e. The fourth-order valence-corrected chi connectivity index (χ4v) is 9.86. The van der Waals surface area contributed by atoms with Gasteiger partial charge in [0.05, 0.1) is 0 Å². The molecule has 0 saturated carbocycles. The van der Waals surface area contributed by atoms with E-state index in [0.29, 0.717) is 5.66 Å². The maximum atomic E-state index is 9.00. The van der Waals surface area contributed by atoms with Crippen LogP contribution in [0.1, 0.15) is 6.92 Å². The fourth-order valence-electron chi connectivity index (χ4n) is 4.19. The quantitative estimate of drug-likeness (QED) is 0.131. The normalized spacial score (nSPS) is 12.4. The van der Waals surface area contributed by atoms with E-state index in [-0.39, 0.29) is 48.9 Å². The molecule has 5 rings (SSSR count). The van der Waals surface area contributed by atoms with E-state index < -0.39 is 21.8 Å². The second-order valence-electron chi connectivity index (χ2n) is 8.18. The Morgan fingerprint density at radius 1 is 0.619 bits per heavy atom. The zero-order chi connectivity index (χ0) is 25.2. The molecule has 0 fully saturated rings. The third-order valence-corrected chi connectivity index (χ3v) is 11.1. The van der Waals surface area contributed by atoms with Crippen molar-refractivity contribution in [1.82, 2.24) is 0 Å². The van der Waals surface area contributed by atoms with Crippen LogP contribution in [0.5, 0.6) is 0 Å². The third-order valence-electron chi connectivity index (χ3n) is 5.61. The van der Waals surface area contributed by atoms with Gasteiger partial charge in [-0.1, -0.05) is 129 Å². The molecule has 1 aliphatic carbocycles. The number of carboxylic acid groups (broad SMARTS) is 1. The minimum Gasteiger partial charge on any atom is -0.693 e. The summed E-state index contributed by atoms with van der Waals surface area (Å²) in [4.78, 5) is 9.00. The predicted molar refractivity (Wildman–Crippen MR) is 180 cm³/mol. The average Bonchev–Trinajstić information content (AvgIpc) is 2.92. The molecule has 4 aromatic carbocycles. The number of carboxylic acids is 1. The molecule has 7 nitrogen and oxygen atoms in total. The summed E-state index contributed by atoms with van der Waals surface area (Å²) in [7, 11) is -1.21. The van der Waals surface area contributed by atoms with Crippen molar-refractivity contribution >= 4 is 43.0 Å². The second-order valence-corrected chi connectivity index (χ2v) is 12.7. The number of allylic oxidation sites excluding steroid dienone is 4. The molecule has 0 saturated heterocycles. The van der Waals surface area contributed by atoms with Crippen molar-refractivity contribution in [3.05, 3.63) is 170 Å². The van der Waals surface area contributed by atoms with Crippen molar-refractivity contribution in [2.45, 2.75) is 12.6 Å². The Labute approximate surface area is 264 Å². The van der Waals surface area contributed by atoms with E-state index in [1.54, 1.807) is 0 Å². The van der Waals surface area contributed by atoms with Crippen LogP contribution in [0.3, 0.4) is 0 Å². The monoisotopic (exact) mass is 693 g/mol. The van der Waals surface area contributed by atoms with E-state index in [1.165, 1.54) is 26.9 Å². The molecular formula is C32H39N3O4P2Ru. The van der Waals surface area contributed by atoms with Crippen molar-refractivity contribution in [3.63, 3.8) is 0 Å². The van der Waals surface area contributed by atoms with Gasteiger partial charge in [-0.15, -0.1) is 20.1 Å². The van der Waals surface area contributed by atoms with Crippen molar-refractivity contribution in [2.24, 2.45) is 0 Å². The summed E-state index contributed by atoms with van der Waals surface area (Å²) >= 11 is 0. The summed E-state index contributed by atoms with van der Waals surface area (Å²) in [5.74, 6) is -0.833. The number of hydrogen-bond donors (Lipinski definition) is 1. The first-order chi connectivity index (χ1) is 17.6. The van der Waals surface area contributed by atoms with E-state index >= 15 is 0 Å².